The molecule has 0 bridgehead atoms. The Hall–Kier alpha value is -1.42. The van der Waals surface area contributed by atoms with E-state index in [9.17, 15) is 9.18 Å². The van der Waals surface area contributed by atoms with Gasteiger partial charge < -0.3 is 11.1 Å². The SMILES string of the molecule is CCCCC(NCCC(N)=O)c1ccc(F)cc1. The lowest BCUT2D eigenvalue weighted by Gasteiger charge is -2.18. The van der Waals surface area contributed by atoms with E-state index in [1.807, 2.05) is 0 Å². The molecule has 0 aliphatic heterocycles. The number of nitrogens with two attached hydrogens (primary N) is 1. The van der Waals surface area contributed by atoms with Crippen LogP contribution in [-0.2, 0) is 4.79 Å². The molecule has 3 nitrogen and oxygen atoms in total. The summed E-state index contributed by atoms with van der Waals surface area (Å²) in [6, 6.07) is 6.65. The molecule has 4 heteroatoms. The van der Waals surface area contributed by atoms with Crippen LogP contribution in [0.3, 0.4) is 0 Å². The summed E-state index contributed by atoms with van der Waals surface area (Å²) < 4.78 is 12.9. The fourth-order valence-electron chi connectivity index (χ4n) is 1.86. The van der Waals surface area contributed by atoms with Crippen molar-refractivity contribution in [3.05, 3.63) is 35.6 Å². The van der Waals surface area contributed by atoms with E-state index in [4.69, 9.17) is 5.73 Å². The highest BCUT2D eigenvalue weighted by atomic mass is 19.1. The Morgan fingerprint density at radius 3 is 2.61 bits per heavy atom. The number of benzene rings is 1. The minimum Gasteiger partial charge on any atom is -0.370 e. The average Bonchev–Trinajstić information content (AvgIpc) is 2.34. The smallest absolute Gasteiger partial charge is 0.218 e. The Labute approximate surface area is 108 Å². The van der Waals surface area contributed by atoms with E-state index in [2.05, 4.69) is 12.2 Å². The number of amides is 1. The van der Waals surface area contributed by atoms with Crippen molar-refractivity contribution < 1.29 is 9.18 Å². The molecule has 0 saturated carbocycles. The van der Waals surface area contributed by atoms with Crippen LogP contribution in [-0.4, -0.2) is 12.5 Å². The zero-order chi connectivity index (χ0) is 13.4. The molecule has 100 valence electrons. The first-order valence-electron chi connectivity index (χ1n) is 6.40. The lowest BCUT2D eigenvalue weighted by atomic mass is 10.0. The molecule has 1 rings (SSSR count). The summed E-state index contributed by atoms with van der Waals surface area (Å²) in [5, 5.41) is 3.30. The molecule has 1 amide bonds. The second-order valence-electron chi connectivity index (χ2n) is 4.42. The standard InChI is InChI=1S/C14H21FN2O/c1-2-3-4-13(17-10-9-14(16)18)11-5-7-12(15)8-6-11/h5-8,13,17H,2-4,9-10H2,1H3,(H2,16,18). The summed E-state index contributed by atoms with van der Waals surface area (Å²) in [4.78, 5) is 10.7. The van der Waals surface area contributed by atoms with Gasteiger partial charge in [-0.3, -0.25) is 4.79 Å². The van der Waals surface area contributed by atoms with Crippen molar-refractivity contribution >= 4 is 5.91 Å². The summed E-state index contributed by atoms with van der Waals surface area (Å²) in [6.45, 7) is 2.69. The van der Waals surface area contributed by atoms with Crippen LogP contribution in [0.15, 0.2) is 24.3 Å². The Morgan fingerprint density at radius 1 is 1.39 bits per heavy atom. The minimum atomic E-state index is -0.309. The van der Waals surface area contributed by atoms with E-state index < -0.39 is 0 Å². The molecule has 1 aromatic rings. The topological polar surface area (TPSA) is 55.1 Å². The van der Waals surface area contributed by atoms with Crippen molar-refractivity contribution in [3.8, 4) is 0 Å². The quantitative estimate of drug-likeness (QED) is 0.747. The van der Waals surface area contributed by atoms with Crippen LogP contribution in [0.4, 0.5) is 4.39 Å². The molecule has 0 saturated heterocycles. The van der Waals surface area contributed by atoms with Gasteiger partial charge in [-0.25, -0.2) is 4.39 Å². The molecular weight excluding hydrogens is 231 g/mol. The molecule has 0 aliphatic carbocycles. The first-order valence-corrected chi connectivity index (χ1v) is 6.40. The van der Waals surface area contributed by atoms with Crippen LogP contribution in [0, 0.1) is 5.82 Å². The van der Waals surface area contributed by atoms with Crippen LogP contribution >= 0.6 is 0 Å². The predicted molar refractivity (Wildman–Crippen MR) is 70.5 cm³/mol. The summed E-state index contributed by atoms with van der Waals surface area (Å²) in [6.07, 6.45) is 3.49. The Morgan fingerprint density at radius 2 is 2.06 bits per heavy atom. The van der Waals surface area contributed by atoms with Gasteiger partial charge in [-0.1, -0.05) is 31.9 Å². The molecule has 0 fully saturated rings. The highest BCUT2D eigenvalue weighted by Gasteiger charge is 2.10. The van der Waals surface area contributed by atoms with Gasteiger partial charge >= 0.3 is 0 Å². The van der Waals surface area contributed by atoms with E-state index in [-0.39, 0.29) is 17.8 Å². The fourth-order valence-corrected chi connectivity index (χ4v) is 1.86. The zero-order valence-corrected chi connectivity index (χ0v) is 10.8. The van der Waals surface area contributed by atoms with Crippen molar-refractivity contribution in [3.63, 3.8) is 0 Å². The van der Waals surface area contributed by atoms with E-state index in [0.717, 1.165) is 24.8 Å². The Balaban J connectivity index is 2.59. The third kappa shape index (κ3) is 5.27. The Kier molecular flexibility index (Phi) is 6.36. The summed E-state index contributed by atoms with van der Waals surface area (Å²) in [5.41, 5.74) is 6.16. The first-order chi connectivity index (χ1) is 8.63. The van der Waals surface area contributed by atoms with Crippen molar-refractivity contribution in [2.24, 2.45) is 5.73 Å². The monoisotopic (exact) mass is 252 g/mol. The third-order valence-corrected chi connectivity index (χ3v) is 2.88. The summed E-state index contributed by atoms with van der Waals surface area (Å²) in [7, 11) is 0. The minimum absolute atomic E-state index is 0.157. The Bertz CT molecular complexity index is 365. The maximum absolute atomic E-state index is 12.9. The van der Waals surface area contributed by atoms with E-state index in [1.54, 1.807) is 12.1 Å². The molecule has 1 aromatic carbocycles. The lowest BCUT2D eigenvalue weighted by molar-refractivity contribution is -0.117. The van der Waals surface area contributed by atoms with Gasteiger partial charge in [0.05, 0.1) is 0 Å². The van der Waals surface area contributed by atoms with Crippen molar-refractivity contribution in [2.45, 2.75) is 38.6 Å². The zero-order valence-electron chi connectivity index (χ0n) is 10.8. The van der Waals surface area contributed by atoms with E-state index >= 15 is 0 Å². The molecule has 1 unspecified atom stereocenters. The van der Waals surface area contributed by atoms with Crippen LogP contribution in [0.25, 0.3) is 0 Å². The van der Waals surface area contributed by atoms with E-state index in [0.29, 0.717) is 13.0 Å². The highest BCUT2D eigenvalue weighted by Crippen LogP contribution is 2.19. The maximum Gasteiger partial charge on any atom is 0.218 e. The van der Waals surface area contributed by atoms with Gasteiger partial charge in [0.25, 0.3) is 0 Å². The third-order valence-electron chi connectivity index (χ3n) is 2.88. The number of hydrogen-bond acceptors (Lipinski definition) is 2. The molecule has 0 heterocycles. The van der Waals surface area contributed by atoms with Gasteiger partial charge in [-0.2, -0.15) is 0 Å². The van der Waals surface area contributed by atoms with Gasteiger partial charge in [0.15, 0.2) is 0 Å². The number of hydrogen-bond donors (Lipinski definition) is 2. The van der Waals surface area contributed by atoms with Gasteiger partial charge in [-0.15, -0.1) is 0 Å². The average molecular weight is 252 g/mol. The number of halogens is 1. The summed E-state index contributed by atoms with van der Waals surface area (Å²) >= 11 is 0. The van der Waals surface area contributed by atoms with Crippen LogP contribution in [0.5, 0.6) is 0 Å². The number of rotatable bonds is 8. The van der Waals surface area contributed by atoms with Crippen LogP contribution < -0.4 is 11.1 Å². The van der Waals surface area contributed by atoms with Gasteiger partial charge in [0.1, 0.15) is 5.82 Å². The van der Waals surface area contributed by atoms with E-state index in [1.165, 1.54) is 12.1 Å². The number of nitrogens with one attached hydrogen (secondary N) is 1. The second-order valence-corrected chi connectivity index (χ2v) is 4.42. The molecule has 0 spiro atoms. The number of carbonyl (C=O) groups is 1. The van der Waals surface area contributed by atoms with Gasteiger partial charge in [-0.05, 0) is 24.1 Å². The normalized spacial score (nSPS) is 12.3. The molecule has 0 aliphatic rings. The lowest BCUT2D eigenvalue weighted by Crippen LogP contribution is -2.26. The number of unbranched alkanes of at least 4 members (excludes halogenated alkanes) is 1. The van der Waals surface area contributed by atoms with Crippen LogP contribution in [0.2, 0.25) is 0 Å². The highest BCUT2D eigenvalue weighted by molar-refractivity contribution is 5.73. The molecule has 18 heavy (non-hydrogen) atoms. The van der Waals surface area contributed by atoms with Crippen molar-refractivity contribution in [1.82, 2.24) is 5.32 Å². The number of primary amides is 1. The first kappa shape index (κ1) is 14.6. The van der Waals surface area contributed by atoms with Gasteiger partial charge in [0.2, 0.25) is 5.91 Å². The van der Waals surface area contributed by atoms with Crippen LogP contribution in [0.1, 0.15) is 44.2 Å². The molecule has 0 aromatic heterocycles. The predicted octanol–water partition coefficient (Wildman–Crippen LogP) is 2.52. The second kappa shape index (κ2) is 7.82. The molecular formula is C14H21FN2O. The summed E-state index contributed by atoms with van der Waals surface area (Å²) in [5.74, 6) is -0.541. The largest absolute Gasteiger partial charge is 0.370 e. The maximum atomic E-state index is 12.9. The van der Waals surface area contributed by atoms with Crippen molar-refractivity contribution in [2.75, 3.05) is 6.54 Å². The van der Waals surface area contributed by atoms with Gasteiger partial charge in [0, 0.05) is 19.0 Å². The molecule has 1 atom stereocenters. The number of carbonyl (C=O) groups excluding carboxylic acids is 1. The molecule has 0 radical (unpaired) electrons. The molecule has 3 N–H and O–H groups in total. The fraction of sp³-hybridized carbons (Fsp3) is 0.500. The van der Waals surface area contributed by atoms with Crippen molar-refractivity contribution in [1.29, 1.82) is 0 Å².